The molecule has 0 N–H and O–H groups in total. The highest BCUT2D eigenvalue weighted by atomic mass is 35.5. The Kier molecular flexibility index (Phi) is 10.4. The van der Waals surface area contributed by atoms with Crippen LogP contribution in [0.3, 0.4) is 0 Å². The molecule has 13 heteroatoms. The van der Waals surface area contributed by atoms with E-state index in [2.05, 4.69) is 78.4 Å². The summed E-state index contributed by atoms with van der Waals surface area (Å²) in [4.78, 5) is 8.14. The smallest absolute Gasteiger partial charge is 0.373 e. The van der Waals surface area contributed by atoms with Crippen LogP contribution >= 0.6 is 23.2 Å². The molecule has 0 atom stereocenters. The third-order valence-electron chi connectivity index (χ3n) is 8.65. The number of rotatable bonds is 0. The molecule has 6 heterocycles. The number of fused-ring (bicyclic) bond motifs is 5. The van der Waals surface area contributed by atoms with Gasteiger partial charge >= 0.3 is 6.18 Å². The number of benzene rings is 1. The van der Waals surface area contributed by atoms with Crippen molar-refractivity contribution < 1.29 is 17.9 Å². The molecule has 0 saturated heterocycles. The zero-order valence-corrected chi connectivity index (χ0v) is 32.6. The van der Waals surface area contributed by atoms with E-state index in [0.29, 0.717) is 28.4 Å². The highest BCUT2D eigenvalue weighted by molar-refractivity contribution is 6.31. The molecule has 5 aromatic heterocycles. The van der Waals surface area contributed by atoms with Crippen LogP contribution in [0, 0.1) is 0 Å². The first kappa shape index (κ1) is 38.6. The van der Waals surface area contributed by atoms with Crippen LogP contribution < -0.4 is 0 Å². The number of pyridine rings is 2. The van der Waals surface area contributed by atoms with Gasteiger partial charge in [-0.3, -0.25) is 9.36 Å². The van der Waals surface area contributed by atoms with Gasteiger partial charge < -0.3 is 9.30 Å². The van der Waals surface area contributed by atoms with E-state index in [1.54, 1.807) is 17.9 Å². The fourth-order valence-corrected chi connectivity index (χ4v) is 6.80. The van der Waals surface area contributed by atoms with Gasteiger partial charge in [0.2, 0.25) is 0 Å². The summed E-state index contributed by atoms with van der Waals surface area (Å²) in [5.74, 6) is 0. The lowest BCUT2D eigenvalue weighted by Crippen LogP contribution is -2.20. The number of halogens is 5. The summed E-state index contributed by atoms with van der Waals surface area (Å²) in [6.45, 7) is 21.3. The van der Waals surface area contributed by atoms with Gasteiger partial charge in [0.25, 0.3) is 0 Å². The molecular formula is C38H46Cl2F3N7O. The number of ether oxygens (including phenoxy) is 1. The molecular weight excluding hydrogens is 698 g/mol. The van der Waals surface area contributed by atoms with E-state index in [0.717, 1.165) is 47.2 Å². The number of nitrogens with zero attached hydrogens (tertiary/aromatic N) is 7. The topological polar surface area (TPSA) is 75.6 Å². The van der Waals surface area contributed by atoms with Crippen LogP contribution in [-0.4, -0.2) is 40.7 Å². The Morgan fingerprint density at radius 2 is 1.22 bits per heavy atom. The number of alkyl halides is 3. The molecule has 0 amide bonds. The molecule has 0 fully saturated rings. The average Bonchev–Trinajstić information content (AvgIpc) is 3.65. The average molecular weight is 745 g/mol. The van der Waals surface area contributed by atoms with Crippen molar-refractivity contribution in [3.8, 4) is 0 Å². The van der Waals surface area contributed by atoms with Crippen molar-refractivity contribution >= 4 is 56.2 Å². The highest BCUT2D eigenvalue weighted by Crippen LogP contribution is 2.39. The standard InChI is InChI=1S/C15H18ClNO.C12H14F3N3.C11H14ClN3/c1-15(2,3)14-11-8-10(16)4-5-12(11)17-6-7-18-9-13(14)17;1-11(2,3)9-8-5-7(12(13,14)15)6-16-10(8)18(4)17-9;1-11(2,3)9-8-5-7(12)6-13-10(8)15(4)14-9/h4-5,8H,6-7,9H2,1-3H3;5-6H,1-4H3;5-6H,1-4H3. The van der Waals surface area contributed by atoms with Crippen LogP contribution in [0.25, 0.3) is 33.0 Å². The Bertz CT molecular complexity index is 2210. The molecule has 0 aliphatic carbocycles. The molecule has 0 unspecified atom stereocenters. The SMILES string of the molecule is CC(C)(C)c1c2n(c3ccc(Cl)cc13)CCOC2.Cn1nc(C(C)(C)C)c2cc(C(F)(F)F)cnc21.Cn1nc(C(C)(C)C)c2cc(Cl)cnc21. The molecule has 6 aromatic rings. The molecule has 0 radical (unpaired) electrons. The van der Waals surface area contributed by atoms with Gasteiger partial charge in [-0.15, -0.1) is 0 Å². The van der Waals surface area contributed by atoms with E-state index in [1.807, 2.05) is 40.0 Å². The van der Waals surface area contributed by atoms with Crippen molar-refractivity contribution in [2.24, 2.45) is 14.1 Å². The first-order chi connectivity index (χ1) is 23.5. The predicted molar refractivity (Wildman–Crippen MR) is 200 cm³/mol. The molecule has 51 heavy (non-hydrogen) atoms. The molecule has 0 bridgehead atoms. The van der Waals surface area contributed by atoms with E-state index < -0.39 is 11.7 Å². The van der Waals surface area contributed by atoms with Crippen molar-refractivity contribution in [3.63, 3.8) is 0 Å². The maximum Gasteiger partial charge on any atom is 0.417 e. The molecule has 0 saturated carbocycles. The molecule has 8 nitrogen and oxygen atoms in total. The molecule has 7 rings (SSSR count). The summed E-state index contributed by atoms with van der Waals surface area (Å²) in [6.07, 6.45) is -1.89. The third kappa shape index (κ3) is 8.05. The van der Waals surface area contributed by atoms with Gasteiger partial charge in [0, 0.05) is 76.3 Å². The summed E-state index contributed by atoms with van der Waals surface area (Å²) < 4.78 is 49.4. The van der Waals surface area contributed by atoms with Crippen LogP contribution in [0.5, 0.6) is 0 Å². The normalized spacial score (nSPS) is 14.0. The zero-order valence-electron chi connectivity index (χ0n) is 31.1. The summed E-state index contributed by atoms with van der Waals surface area (Å²) in [6, 6.07) is 9.23. The fraction of sp³-hybridized carbons (Fsp3) is 0.474. The zero-order chi connectivity index (χ0) is 37.8. The Morgan fingerprint density at radius 3 is 1.75 bits per heavy atom. The molecule has 1 aliphatic rings. The van der Waals surface area contributed by atoms with Crippen molar-refractivity contribution in [3.05, 3.63) is 81.0 Å². The third-order valence-corrected chi connectivity index (χ3v) is 9.09. The molecule has 1 aromatic carbocycles. The summed E-state index contributed by atoms with van der Waals surface area (Å²) in [5.41, 5.74) is 6.01. The second kappa shape index (κ2) is 13.7. The van der Waals surface area contributed by atoms with E-state index in [1.165, 1.54) is 26.8 Å². The van der Waals surface area contributed by atoms with Gasteiger partial charge in [0.05, 0.1) is 35.2 Å². The lowest BCUT2D eigenvalue weighted by molar-refractivity contribution is -0.137. The molecule has 274 valence electrons. The van der Waals surface area contributed by atoms with Gasteiger partial charge in [-0.25, -0.2) is 9.97 Å². The van der Waals surface area contributed by atoms with E-state index in [9.17, 15) is 13.2 Å². The largest absolute Gasteiger partial charge is 0.417 e. The van der Waals surface area contributed by atoms with E-state index in [4.69, 9.17) is 27.9 Å². The van der Waals surface area contributed by atoms with E-state index >= 15 is 0 Å². The Labute approximate surface area is 306 Å². The van der Waals surface area contributed by atoms with Crippen LogP contribution in [0.15, 0.2) is 42.7 Å². The van der Waals surface area contributed by atoms with Crippen molar-refractivity contribution in [1.29, 1.82) is 0 Å². The minimum atomic E-state index is -4.38. The number of hydrogen-bond donors (Lipinski definition) is 0. The van der Waals surface area contributed by atoms with Crippen LogP contribution in [0.1, 0.15) is 90.5 Å². The fourth-order valence-electron chi connectivity index (χ4n) is 6.47. The van der Waals surface area contributed by atoms with Gasteiger partial charge in [-0.05, 0) is 41.3 Å². The Hall–Kier alpha value is -3.67. The van der Waals surface area contributed by atoms with Gasteiger partial charge in [-0.1, -0.05) is 85.5 Å². The van der Waals surface area contributed by atoms with Crippen molar-refractivity contribution in [2.75, 3.05) is 6.61 Å². The second-order valence-corrected chi connectivity index (χ2v) is 16.9. The van der Waals surface area contributed by atoms with Crippen LogP contribution in [0.4, 0.5) is 13.2 Å². The first-order valence-corrected chi connectivity index (χ1v) is 17.5. The number of hydrogen-bond acceptors (Lipinski definition) is 5. The number of aromatic nitrogens is 7. The summed E-state index contributed by atoms with van der Waals surface area (Å²) in [7, 11) is 3.58. The predicted octanol–water partition coefficient (Wildman–Crippen LogP) is 10.3. The van der Waals surface area contributed by atoms with Gasteiger partial charge in [0.1, 0.15) is 0 Å². The van der Waals surface area contributed by atoms with Crippen molar-refractivity contribution in [2.45, 2.75) is 97.9 Å². The summed E-state index contributed by atoms with van der Waals surface area (Å²) >= 11 is 12.1. The van der Waals surface area contributed by atoms with Gasteiger partial charge in [-0.2, -0.15) is 23.4 Å². The monoisotopic (exact) mass is 743 g/mol. The first-order valence-electron chi connectivity index (χ1n) is 16.8. The molecule has 1 aliphatic heterocycles. The number of aryl methyl sites for hydroxylation is 2. The Balaban J connectivity index is 0.000000149. The maximum absolute atomic E-state index is 12.7. The second-order valence-electron chi connectivity index (χ2n) is 16.0. The van der Waals surface area contributed by atoms with E-state index in [-0.39, 0.29) is 16.2 Å². The van der Waals surface area contributed by atoms with Crippen LogP contribution in [-0.2, 0) is 54.4 Å². The maximum atomic E-state index is 12.7. The lowest BCUT2D eigenvalue weighted by Gasteiger charge is -2.24. The minimum absolute atomic E-state index is 0.00583. The quantitative estimate of drug-likeness (QED) is 0.155. The summed E-state index contributed by atoms with van der Waals surface area (Å²) in [5, 5.41) is 13.0. The van der Waals surface area contributed by atoms with Crippen molar-refractivity contribution in [1.82, 2.24) is 34.1 Å². The Morgan fingerprint density at radius 1 is 0.686 bits per heavy atom. The van der Waals surface area contributed by atoms with Crippen LogP contribution in [0.2, 0.25) is 10.0 Å². The highest BCUT2D eigenvalue weighted by Gasteiger charge is 2.33. The van der Waals surface area contributed by atoms with Gasteiger partial charge in [0.15, 0.2) is 11.3 Å². The molecule has 0 spiro atoms. The minimum Gasteiger partial charge on any atom is -0.373 e. The lowest BCUT2D eigenvalue weighted by atomic mass is 9.85.